The van der Waals surface area contributed by atoms with Crippen LogP contribution in [0, 0.1) is 0 Å². The molecule has 4 nitrogen and oxygen atoms in total. The molecular weight excluding hydrogens is 204 g/mol. The minimum Gasteiger partial charge on any atom is -0.331 e. The molecule has 1 N–H and O–H groups in total. The molecule has 0 aliphatic carbocycles. The lowest BCUT2D eigenvalue weighted by molar-refractivity contribution is 0.0722. The Labute approximate surface area is 94.6 Å². The Bertz CT molecular complexity index is 435. The third-order valence-electron chi connectivity index (χ3n) is 2.21. The highest BCUT2D eigenvalue weighted by Gasteiger charge is 2.17. The molecule has 0 aliphatic rings. The van der Waals surface area contributed by atoms with Crippen molar-refractivity contribution in [1.29, 1.82) is 0 Å². The van der Waals surface area contributed by atoms with Gasteiger partial charge in [-0.25, -0.2) is 0 Å². The van der Waals surface area contributed by atoms with Crippen molar-refractivity contribution in [1.82, 2.24) is 9.88 Å². The van der Waals surface area contributed by atoms with E-state index < -0.39 is 0 Å². The van der Waals surface area contributed by atoms with E-state index in [9.17, 15) is 9.59 Å². The number of hydrogen-bond acceptors (Lipinski definition) is 2. The van der Waals surface area contributed by atoms with E-state index in [4.69, 9.17) is 0 Å². The largest absolute Gasteiger partial charge is 0.331 e. The Morgan fingerprint density at radius 1 is 1.56 bits per heavy atom. The zero-order chi connectivity index (χ0) is 12.1. The molecule has 0 aliphatic heterocycles. The fraction of sp³-hybridized carbons (Fsp3) is 0.333. The van der Waals surface area contributed by atoms with E-state index in [2.05, 4.69) is 11.6 Å². The van der Waals surface area contributed by atoms with Crippen LogP contribution in [0.25, 0.3) is 0 Å². The highest BCUT2D eigenvalue weighted by molar-refractivity contribution is 5.92. The Hall–Kier alpha value is -1.84. The number of aromatic nitrogens is 1. The molecule has 1 heterocycles. The van der Waals surface area contributed by atoms with Crippen molar-refractivity contribution in [2.75, 3.05) is 6.54 Å². The standard InChI is InChI=1S/C12H16N2O2/c1-4-8-14(9(2)3)12(16)10-6-5-7-11(15)13-10/h4-7,9H,1,8H2,2-3H3,(H,13,15). The molecule has 1 aromatic heterocycles. The van der Waals surface area contributed by atoms with Crippen LogP contribution in [0.15, 0.2) is 35.6 Å². The summed E-state index contributed by atoms with van der Waals surface area (Å²) >= 11 is 0. The summed E-state index contributed by atoms with van der Waals surface area (Å²) in [6.45, 7) is 7.91. The number of carbonyl (C=O) groups is 1. The first kappa shape index (κ1) is 12.2. The van der Waals surface area contributed by atoms with Crippen LogP contribution in [0.4, 0.5) is 0 Å². The minimum absolute atomic E-state index is 0.0641. The summed E-state index contributed by atoms with van der Waals surface area (Å²) < 4.78 is 0. The number of pyridine rings is 1. The lowest BCUT2D eigenvalue weighted by atomic mass is 10.2. The van der Waals surface area contributed by atoms with Crippen molar-refractivity contribution in [3.05, 3.63) is 46.9 Å². The zero-order valence-electron chi connectivity index (χ0n) is 9.56. The van der Waals surface area contributed by atoms with Crippen LogP contribution in [-0.4, -0.2) is 28.4 Å². The maximum atomic E-state index is 12.0. The van der Waals surface area contributed by atoms with Crippen molar-refractivity contribution >= 4 is 5.91 Å². The summed E-state index contributed by atoms with van der Waals surface area (Å²) in [5.41, 5.74) is 0.0382. The lowest BCUT2D eigenvalue weighted by Crippen LogP contribution is -2.38. The molecule has 0 spiro atoms. The van der Waals surface area contributed by atoms with E-state index in [1.807, 2.05) is 13.8 Å². The minimum atomic E-state index is -0.270. The predicted octanol–water partition coefficient (Wildman–Crippen LogP) is 1.41. The average molecular weight is 220 g/mol. The number of H-pyrrole nitrogens is 1. The molecule has 16 heavy (non-hydrogen) atoms. The number of carbonyl (C=O) groups excluding carboxylic acids is 1. The van der Waals surface area contributed by atoms with E-state index in [1.54, 1.807) is 23.1 Å². The summed E-state index contributed by atoms with van der Waals surface area (Å²) in [5, 5.41) is 0. The normalized spacial score (nSPS) is 10.2. The van der Waals surface area contributed by atoms with E-state index in [-0.39, 0.29) is 17.5 Å². The fourth-order valence-electron chi connectivity index (χ4n) is 1.39. The molecule has 0 unspecified atom stereocenters. The highest BCUT2D eigenvalue weighted by Crippen LogP contribution is 2.04. The number of rotatable bonds is 4. The molecule has 0 radical (unpaired) electrons. The van der Waals surface area contributed by atoms with Gasteiger partial charge in [-0.3, -0.25) is 9.59 Å². The van der Waals surface area contributed by atoms with Gasteiger partial charge in [-0.05, 0) is 19.9 Å². The molecule has 0 saturated carbocycles. The van der Waals surface area contributed by atoms with Gasteiger partial charge in [0.2, 0.25) is 5.56 Å². The third kappa shape index (κ3) is 2.82. The maximum Gasteiger partial charge on any atom is 0.270 e. The second kappa shape index (κ2) is 5.30. The van der Waals surface area contributed by atoms with Gasteiger partial charge in [0, 0.05) is 18.7 Å². The van der Waals surface area contributed by atoms with Crippen LogP contribution in [0.2, 0.25) is 0 Å². The summed E-state index contributed by atoms with van der Waals surface area (Å²) in [5.74, 6) is -0.187. The van der Waals surface area contributed by atoms with Crippen LogP contribution in [0.1, 0.15) is 24.3 Å². The van der Waals surface area contributed by atoms with Crippen LogP contribution < -0.4 is 5.56 Å². The molecule has 4 heteroatoms. The molecule has 0 aromatic carbocycles. The Balaban J connectivity index is 2.98. The summed E-state index contributed by atoms with van der Waals surface area (Å²) in [4.78, 5) is 27.3. The Kier molecular flexibility index (Phi) is 4.05. The van der Waals surface area contributed by atoms with E-state index in [0.717, 1.165) is 0 Å². The SMILES string of the molecule is C=CCN(C(=O)c1cccc(=O)[nH]1)C(C)C. The number of aromatic amines is 1. The van der Waals surface area contributed by atoms with Crippen LogP contribution >= 0.6 is 0 Å². The number of hydrogen-bond donors (Lipinski definition) is 1. The van der Waals surface area contributed by atoms with Crippen LogP contribution in [0.5, 0.6) is 0 Å². The van der Waals surface area contributed by atoms with Gasteiger partial charge in [-0.1, -0.05) is 12.1 Å². The molecule has 1 amide bonds. The van der Waals surface area contributed by atoms with Crippen molar-refractivity contribution in [3.8, 4) is 0 Å². The average Bonchev–Trinajstić information content (AvgIpc) is 2.24. The first-order valence-corrected chi connectivity index (χ1v) is 5.17. The van der Waals surface area contributed by atoms with E-state index in [1.165, 1.54) is 6.07 Å². The zero-order valence-corrected chi connectivity index (χ0v) is 9.56. The summed E-state index contributed by atoms with van der Waals surface area (Å²) in [6, 6.07) is 4.61. The maximum absolute atomic E-state index is 12.0. The van der Waals surface area contributed by atoms with Crippen LogP contribution in [-0.2, 0) is 0 Å². The monoisotopic (exact) mass is 220 g/mol. The fourth-order valence-corrected chi connectivity index (χ4v) is 1.39. The van der Waals surface area contributed by atoms with Crippen molar-refractivity contribution in [3.63, 3.8) is 0 Å². The first-order valence-electron chi connectivity index (χ1n) is 5.17. The van der Waals surface area contributed by atoms with Crippen molar-refractivity contribution < 1.29 is 4.79 Å². The predicted molar refractivity (Wildman–Crippen MR) is 63.4 cm³/mol. The molecule has 1 rings (SSSR count). The number of nitrogens with zero attached hydrogens (tertiary/aromatic N) is 1. The van der Waals surface area contributed by atoms with Crippen molar-refractivity contribution in [2.24, 2.45) is 0 Å². The highest BCUT2D eigenvalue weighted by atomic mass is 16.2. The van der Waals surface area contributed by atoms with Gasteiger partial charge in [-0.15, -0.1) is 6.58 Å². The van der Waals surface area contributed by atoms with Crippen molar-refractivity contribution in [2.45, 2.75) is 19.9 Å². The van der Waals surface area contributed by atoms with Gasteiger partial charge in [0.05, 0.1) is 0 Å². The smallest absolute Gasteiger partial charge is 0.270 e. The summed E-state index contributed by atoms with van der Waals surface area (Å²) in [6.07, 6.45) is 1.67. The van der Waals surface area contributed by atoms with Gasteiger partial charge in [0.25, 0.3) is 5.91 Å². The van der Waals surface area contributed by atoms with Crippen LogP contribution in [0.3, 0.4) is 0 Å². The Morgan fingerprint density at radius 3 is 2.75 bits per heavy atom. The topological polar surface area (TPSA) is 53.2 Å². The second-order valence-corrected chi connectivity index (χ2v) is 3.77. The van der Waals surface area contributed by atoms with E-state index >= 15 is 0 Å². The molecular formula is C12H16N2O2. The first-order chi connectivity index (χ1) is 7.56. The lowest BCUT2D eigenvalue weighted by Gasteiger charge is -2.25. The van der Waals surface area contributed by atoms with Gasteiger partial charge < -0.3 is 9.88 Å². The molecule has 86 valence electrons. The number of nitrogens with one attached hydrogen (secondary N) is 1. The number of amides is 1. The second-order valence-electron chi connectivity index (χ2n) is 3.77. The third-order valence-corrected chi connectivity index (χ3v) is 2.21. The molecule has 0 atom stereocenters. The van der Waals surface area contributed by atoms with Gasteiger partial charge in [0.1, 0.15) is 5.69 Å². The quantitative estimate of drug-likeness (QED) is 0.780. The molecule has 0 bridgehead atoms. The van der Waals surface area contributed by atoms with Gasteiger partial charge in [-0.2, -0.15) is 0 Å². The molecule has 0 fully saturated rings. The van der Waals surface area contributed by atoms with Gasteiger partial charge >= 0.3 is 0 Å². The molecule has 1 aromatic rings. The summed E-state index contributed by atoms with van der Waals surface area (Å²) in [7, 11) is 0. The Morgan fingerprint density at radius 2 is 2.25 bits per heavy atom. The van der Waals surface area contributed by atoms with Gasteiger partial charge in [0.15, 0.2) is 0 Å². The van der Waals surface area contributed by atoms with E-state index in [0.29, 0.717) is 12.2 Å². The molecule has 0 saturated heterocycles.